The lowest BCUT2D eigenvalue weighted by Crippen LogP contribution is -2.44. The second kappa shape index (κ2) is 6.62. The summed E-state index contributed by atoms with van der Waals surface area (Å²) in [5, 5.41) is 7.37. The lowest BCUT2D eigenvalue weighted by atomic mass is 10.3. The number of hydrogen-bond donors (Lipinski definition) is 2. The minimum absolute atomic E-state index is 0.0241. The van der Waals surface area contributed by atoms with Gasteiger partial charge in [-0.25, -0.2) is 4.98 Å². The highest BCUT2D eigenvalue weighted by molar-refractivity contribution is 5.93. The van der Waals surface area contributed by atoms with Gasteiger partial charge in [-0.1, -0.05) is 6.07 Å². The Hall–Kier alpha value is -2.06. The monoisotopic (exact) mass is 245 g/mol. The third-order valence-corrected chi connectivity index (χ3v) is 2.84. The average molecular weight is 245 g/mol. The van der Waals surface area contributed by atoms with E-state index in [9.17, 15) is 0 Å². The number of amidine groups is 1. The van der Waals surface area contributed by atoms with Crippen molar-refractivity contribution < 1.29 is 0 Å². The summed E-state index contributed by atoms with van der Waals surface area (Å²) in [6.45, 7) is 4.05. The molecule has 3 N–H and O–H groups in total. The van der Waals surface area contributed by atoms with Crippen molar-refractivity contribution in [3.8, 4) is 12.8 Å². The van der Waals surface area contributed by atoms with Crippen LogP contribution in [0.2, 0.25) is 0 Å². The van der Waals surface area contributed by atoms with Gasteiger partial charge in [0.15, 0.2) is 0 Å². The maximum atomic E-state index is 7.37. The van der Waals surface area contributed by atoms with Gasteiger partial charge in [0.2, 0.25) is 0 Å². The molecule has 5 nitrogen and oxygen atoms in total. The molecule has 0 aliphatic carbocycles. The molecule has 0 spiro atoms. The van der Waals surface area contributed by atoms with Crippen molar-refractivity contribution in [1.82, 2.24) is 9.88 Å². The molecule has 2 rings (SSSR count). The zero-order chi connectivity index (χ0) is 13.5. The van der Waals surface area contributed by atoms with Crippen LogP contribution >= 0.6 is 0 Å². The van der Waals surface area contributed by atoms with Crippen molar-refractivity contribution in [2.24, 2.45) is 5.73 Å². The summed E-state index contributed by atoms with van der Waals surface area (Å²) in [6, 6.07) is 5.64. The molecule has 1 fully saturated rings. The highest BCUT2D eigenvalue weighted by Gasteiger charge is 2.15. The molecular formula is C13H19N5. The van der Waals surface area contributed by atoms with Crippen LogP contribution in [0.4, 0.5) is 5.82 Å². The van der Waals surface area contributed by atoms with Gasteiger partial charge < -0.3 is 15.5 Å². The molecule has 0 atom stereocenters. The van der Waals surface area contributed by atoms with Crippen LogP contribution in [0.15, 0.2) is 18.2 Å². The zero-order valence-corrected chi connectivity index (χ0v) is 10.6. The number of piperazine rings is 1. The summed E-state index contributed by atoms with van der Waals surface area (Å²) < 4.78 is 0. The fourth-order valence-electron chi connectivity index (χ4n) is 1.78. The molecule has 1 aromatic rings. The number of pyridine rings is 1. The van der Waals surface area contributed by atoms with E-state index < -0.39 is 0 Å². The molecule has 1 aliphatic heterocycles. The highest BCUT2D eigenvalue weighted by atomic mass is 15.3. The van der Waals surface area contributed by atoms with Gasteiger partial charge in [0.1, 0.15) is 17.3 Å². The molecule has 1 aliphatic rings. The van der Waals surface area contributed by atoms with Gasteiger partial charge in [0.25, 0.3) is 0 Å². The molecule has 0 aromatic carbocycles. The first-order valence-corrected chi connectivity index (χ1v) is 5.75. The molecule has 5 heteroatoms. The number of terminal acetylenes is 1. The molecule has 0 saturated carbocycles. The van der Waals surface area contributed by atoms with E-state index in [-0.39, 0.29) is 5.84 Å². The number of likely N-dealkylation sites (N-methyl/N-ethyl adjacent to an activating group) is 1. The molecule has 18 heavy (non-hydrogen) atoms. The summed E-state index contributed by atoms with van der Waals surface area (Å²) in [5.41, 5.74) is 5.98. The summed E-state index contributed by atoms with van der Waals surface area (Å²) in [5.74, 6) is 0.941. The van der Waals surface area contributed by atoms with E-state index in [1.165, 1.54) is 0 Å². The predicted octanol–water partition coefficient (Wildman–Crippen LogP) is 0.367. The minimum Gasteiger partial charge on any atom is -0.382 e. The smallest absolute Gasteiger partial charge is 0.141 e. The number of aromatic nitrogens is 1. The van der Waals surface area contributed by atoms with E-state index in [1.54, 1.807) is 6.07 Å². The molecule has 0 radical (unpaired) electrons. The van der Waals surface area contributed by atoms with E-state index in [0.717, 1.165) is 32.0 Å². The Balaban J connectivity index is 0.000000771. The Bertz CT molecular complexity index is 418. The first-order valence-electron chi connectivity index (χ1n) is 5.75. The fourth-order valence-corrected chi connectivity index (χ4v) is 1.78. The number of nitrogen functional groups attached to an aromatic ring is 1. The first-order chi connectivity index (χ1) is 8.66. The van der Waals surface area contributed by atoms with Crippen LogP contribution in [0.5, 0.6) is 0 Å². The van der Waals surface area contributed by atoms with Gasteiger partial charge in [-0.3, -0.25) is 5.41 Å². The lowest BCUT2D eigenvalue weighted by molar-refractivity contribution is 0.312. The summed E-state index contributed by atoms with van der Waals surface area (Å²) in [7, 11) is 2.12. The standard InChI is InChI=1S/C11H17N5.C2H2/c1-15-5-7-16(8-6-15)10-4-2-3-9(14-10)11(12)13;1-2/h2-4H,5-8H2,1H3,(H3,12,13);1-2H. The third kappa shape index (κ3) is 3.47. The van der Waals surface area contributed by atoms with Gasteiger partial charge in [-0.2, -0.15) is 0 Å². The molecule has 0 amide bonds. The second-order valence-corrected chi connectivity index (χ2v) is 4.09. The molecule has 1 aromatic heterocycles. The number of nitrogens with zero attached hydrogens (tertiary/aromatic N) is 3. The number of nitrogens with one attached hydrogen (secondary N) is 1. The van der Waals surface area contributed by atoms with Crippen LogP contribution in [-0.4, -0.2) is 48.9 Å². The van der Waals surface area contributed by atoms with Crippen LogP contribution in [0.3, 0.4) is 0 Å². The molecule has 96 valence electrons. The fraction of sp³-hybridized carbons (Fsp3) is 0.385. The Kier molecular flexibility index (Phi) is 5.15. The van der Waals surface area contributed by atoms with E-state index in [4.69, 9.17) is 11.1 Å². The number of anilines is 1. The van der Waals surface area contributed by atoms with Gasteiger partial charge in [-0.05, 0) is 19.2 Å². The molecule has 0 bridgehead atoms. The third-order valence-electron chi connectivity index (χ3n) is 2.84. The number of rotatable bonds is 2. The van der Waals surface area contributed by atoms with E-state index in [2.05, 4.69) is 34.7 Å². The minimum atomic E-state index is 0.0241. The number of nitrogens with two attached hydrogens (primary N) is 1. The maximum absolute atomic E-state index is 7.37. The number of hydrogen-bond acceptors (Lipinski definition) is 4. The SMILES string of the molecule is C#C.CN1CCN(c2cccc(C(=N)N)n2)CC1. The highest BCUT2D eigenvalue weighted by Crippen LogP contribution is 2.13. The van der Waals surface area contributed by atoms with Crippen molar-refractivity contribution in [2.75, 3.05) is 38.1 Å². The lowest BCUT2D eigenvalue weighted by Gasteiger charge is -2.33. The van der Waals surface area contributed by atoms with Gasteiger partial charge >= 0.3 is 0 Å². The van der Waals surface area contributed by atoms with Crippen molar-refractivity contribution >= 4 is 11.7 Å². The summed E-state index contributed by atoms with van der Waals surface area (Å²) >= 11 is 0. The Morgan fingerprint density at radius 3 is 2.44 bits per heavy atom. The van der Waals surface area contributed by atoms with Gasteiger partial charge in [-0.15, -0.1) is 12.8 Å². The topological polar surface area (TPSA) is 69.2 Å². The van der Waals surface area contributed by atoms with E-state index >= 15 is 0 Å². The van der Waals surface area contributed by atoms with Gasteiger partial charge in [0, 0.05) is 26.2 Å². The normalized spacial score (nSPS) is 15.6. The van der Waals surface area contributed by atoms with E-state index in [1.807, 2.05) is 12.1 Å². The quantitative estimate of drug-likeness (QED) is 0.448. The first kappa shape index (κ1) is 14.0. The van der Waals surface area contributed by atoms with Crippen LogP contribution in [0.1, 0.15) is 5.69 Å². The maximum Gasteiger partial charge on any atom is 0.141 e. The summed E-state index contributed by atoms with van der Waals surface area (Å²) in [6.07, 6.45) is 8.00. The Morgan fingerprint density at radius 1 is 1.28 bits per heavy atom. The van der Waals surface area contributed by atoms with Crippen LogP contribution in [0, 0.1) is 18.3 Å². The Labute approximate surface area is 108 Å². The van der Waals surface area contributed by atoms with Crippen molar-refractivity contribution in [3.05, 3.63) is 23.9 Å². The molecule has 0 unspecified atom stereocenters. The predicted molar refractivity (Wildman–Crippen MR) is 74.9 cm³/mol. The molecule has 2 heterocycles. The average Bonchev–Trinajstić information content (AvgIpc) is 2.42. The Morgan fingerprint density at radius 2 is 1.89 bits per heavy atom. The van der Waals surface area contributed by atoms with Crippen LogP contribution in [0.25, 0.3) is 0 Å². The van der Waals surface area contributed by atoms with Gasteiger partial charge in [0.05, 0.1) is 0 Å². The largest absolute Gasteiger partial charge is 0.382 e. The molecule has 1 saturated heterocycles. The van der Waals surface area contributed by atoms with E-state index in [0.29, 0.717) is 5.69 Å². The van der Waals surface area contributed by atoms with Crippen molar-refractivity contribution in [2.45, 2.75) is 0 Å². The summed E-state index contributed by atoms with van der Waals surface area (Å²) in [4.78, 5) is 8.90. The zero-order valence-electron chi connectivity index (χ0n) is 10.6. The van der Waals surface area contributed by atoms with Crippen LogP contribution < -0.4 is 10.6 Å². The molecular weight excluding hydrogens is 226 g/mol. The van der Waals surface area contributed by atoms with Crippen molar-refractivity contribution in [1.29, 1.82) is 5.41 Å². The second-order valence-electron chi connectivity index (χ2n) is 4.09. The van der Waals surface area contributed by atoms with Crippen molar-refractivity contribution in [3.63, 3.8) is 0 Å². The van der Waals surface area contributed by atoms with Crippen LogP contribution in [-0.2, 0) is 0 Å².